The number of alkyl halides is 1. The number of aliphatic hydroxyl groups is 1. The summed E-state index contributed by atoms with van der Waals surface area (Å²) >= 11 is 0. The smallest absolute Gasteiger partial charge is 0.115 e. The van der Waals surface area contributed by atoms with Crippen LogP contribution in [0.3, 0.4) is 0 Å². The number of hydrogen-bond donors (Lipinski definition) is 1. The molecule has 2 atom stereocenters. The summed E-state index contributed by atoms with van der Waals surface area (Å²) in [6.07, 6.45) is 5.03. The van der Waals surface area contributed by atoms with Crippen molar-refractivity contribution >= 4 is 0 Å². The number of nitrogens with zero attached hydrogens (tertiary/aromatic N) is 1. The van der Waals surface area contributed by atoms with E-state index in [4.69, 9.17) is 0 Å². The quantitative estimate of drug-likeness (QED) is 0.747. The number of hydrogen-bond acceptors (Lipinski definition) is 2. The zero-order valence-electron chi connectivity index (χ0n) is 10.5. The van der Waals surface area contributed by atoms with Crippen LogP contribution >= 0.6 is 0 Å². The van der Waals surface area contributed by atoms with Crippen molar-refractivity contribution in [2.75, 3.05) is 13.1 Å². The summed E-state index contributed by atoms with van der Waals surface area (Å²) in [5.74, 6) is 0. The van der Waals surface area contributed by atoms with Crippen LogP contribution in [0.25, 0.3) is 0 Å². The Morgan fingerprint density at radius 3 is 2.50 bits per heavy atom. The lowest BCUT2D eigenvalue weighted by Crippen LogP contribution is -2.50. The van der Waals surface area contributed by atoms with Crippen molar-refractivity contribution in [3.05, 3.63) is 0 Å². The van der Waals surface area contributed by atoms with Crippen LogP contribution in [0.5, 0.6) is 0 Å². The minimum atomic E-state index is -0.704. The average molecular weight is 229 g/mol. The van der Waals surface area contributed by atoms with Gasteiger partial charge in [-0.15, -0.1) is 0 Å². The van der Waals surface area contributed by atoms with Gasteiger partial charge in [0.15, 0.2) is 0 Å². The summed E-state index contributed by atoms with van der Waals surface area (Å²) in [6, 6.07) is 0. The third-order valence-corrected chi connectivity index (χ3v) is 4.19. The third kappa shape index (κ3) is 1.78. The van der Waals surface area contributed by atoms with E-state index in [1.54, 1.807) is 0 Å². The molecule has 2 saturated heterocycles. The molecular formula is C13H24FNO. The summed E-state index contributed by atoms with van der Waals surface area (Å²) in [5.41, 5.74) is -0.684. The Bertz CT molecular complexity index is 254. The minimum absolute atomic E-state index is 0.160. The summed E-state index contributed by atoms with van der Waals surface area (Å²) in [6.45, 7) is 5.80. The van der Waals surface area contributed by atoms with Crippen molar-refractivity contribution in [2.24, 2.45) is 0 Å². The summed E-state index contributed by atoms with van der Waals surface area (Å²) in [7, 11) is 0. The summed E-state index contributed by atoms with van der Waals surface area (Å²) < 4.78 is 13.3. The van der Waals surface area contributed by atoms with Gasteiger partial charge < -0.3 is 5.11 Å². The van der Waals surface area contributed by atoms with Crippen LogP contribution in [0.4, 0.5) is 4.39 Å². The molecule has 3 aliphatic rings. The van der Waals surface area contributed by atoms with Crippen LogP contribution in [0.1, 0.15) is 52.4 Å². The van der Waals surface area contributed by atoms with Gasteiger partial charge in [0.25, 0.3) is 0 Å². The highest BCUT2D eigenvalue weighted by atomic mass is 19.1. The van der Waals surface area contributed by atoms with Crippen molar-refractivity contribution in [2.45, 2.75) is 69.7 Å². The number of halogens is 1. The summed E-state index contributed by atoms with van der Waals surface area (Å²) in [4.78, 5) is 2.20. The van der Waals surface area contributed by atoms with Gasteiger partial charge in [0.2, 0.25) is 0 Å². The van der Waals surface area contributed by atoms with Crippen LogP contribution < -0.4 is 0 Å². The molecule has 2 unspecified atom stereocenters. The van der Waals surface area contributed by atoms with Gasteiger partial charge in [0.1, 0.15) is 6.17 Å². The molecule has 0 aromatic heterocycles. The fourth-order valence-electron chi connectivity index (χ4n) is 3.40. The Morgan fingerprint density at radius 2 is 1.94 bits per heavy atom. The second-order valence-electron chi connectivity index (χ2n) is 5.62. The molecule has 2 aliphatic heterocycles. The van der Waals surface area contributed by atoms with Crippen LogP contribution in [0, 0.1) is 0 Å². The van der Waals surface area contributed by atoms with E-state index in [2.05, 4.69) is 18.7 Å². The predicted octanol–water partition coefficient (Wildman–Crippen LogP) is 2.50. The normalized spacial score (nSPS) is 40.1. The standard InChI is InChI=1S/C10H16FNO.C3H8/c11-8-6-9(10(13)3-4-10)2-1-5-12(9)7-8;1-3-2/h8,13H,1-7H2;3H2,1-2H3. The first-order valence-electron chi connectivity index (χ1n) is 6.69. The first-order chi connectivity index (χ1) is 7.58. The number of fused-ring (bicyclic) bond motifs is 1. The molecule has 16 heavy (non-hydrogen) atoms. The van der Waals surface area contributed by atoms with Crippen molar-refractivity contribution in [3.8, 4) is 0 Å². The molecule has 94 valence electrons. The zero-order chi connectivity index (χ0) is 11.8. The zero-order valence-corrected chi connectivity index (χ0v) is 10.5. The van der Waals surface area contributed by atoms with Crippen molar-refractivity contribution < 1.29 is 9.50 Å². The van der Waals surface area contributed by atoms with Crippen LogP contribution in [0.15, 0.2) is 0 Å². The van der Waals surface area contributed by atoms with Crippen molar-refractivity contribution in [1.29, 1.82) is 0 Å². The maximum atomic E-state index is 13.3. The Kier molecular flexibility index (Phi) is 3.28. The first-order valence-corrected chi connectivity index (χ1v) is 6.69. The van der Waals surface area contributed by atoms with E-state index in [1.165, 1.54) is 6.42 Å². The minimum Gasteiger partial charge on any atom is -0.388 e. The molecule has 0 radical (unpaired) electrons. The number of rotatable bonds is 1. The Hall–Kier alpha value is -0.150. The fourth-order valence-corrected chi connectivity index (χ4v) is 3.40. The molecule has 1 saturated carbocycles. The Morgan fingerprint density at radius 1 is 1.31 bits per heavy atom. The SMILES string of the molecule is CCC.OC1(C23CCCN2CC(F)C3)CC1. The first kappa shape index (κ1) is 12.3. The van der Waals surface area contributed by atoms with Crippen LogP contribution in [-0.2, 0) is 0 Å². The van der Waals surface area contributed by atoms with Gasteiger partial charge in [-0.3, -0.25) is 4.90 Å². The topological polar surface area (TPSA) is 23.5 Å². The maximum absolute atomic E-state index is 13.3. The molecule has 3 heteroatoms. The molecule has 1 N–H and O–H groups in total. The molecule has 2 nitrogen and oxygen atoms in total. The largest absolute Gasteiger partial charge is 0.388 e. The van der Waals surface area contributed by atoms with E-state index in [-0.39, 0.29) is 5.54 Å². The van der Waals surface area contributed by atoms with E-state index in [0.717, 1.165) is 32.2 Å². The monoisotopic (exact) mass is 229 g/mol. The van der Waals surface area contributed by atoms with Crippen molar-refractivity contribution in [1.82, 2.24) is 4.90 Å². The molecule has 0 bridgehead atoms. The molecule has 0 aromatic carbocycles. The molecule has 1 aliphatic carbocycles. The second-order valence-corrected chi connectivity index (χ2v) is 5.62. The lowest BCUT2D eigenvalue weighted by Gasteiger charge is -2.36. The maximum Gasteiger partial charge on any atom is 0.115 e. The van der Waals surface area contributed by atoms with Gasteiger partial charge in [-0.05, 0) is 32.2 Å². The predicted molar refractivity (Wildman–Crippen MR) is 63.2 cm³/mol. The van der Waals surface area contributed by atoms with E-state index in [9.17, 15) is 9.50 Å². The molecule has 2 heterocycles. The molecule has 0 spiro atoms. The lowest BCUT2D eigenvalue weighted by atomic mass is 9.85. The van der Waals surface area contributed by atoms with E-state index < -0.39 is 11.8 Å². The van der Waals surface area contributed by atoms with Crippen LogP contribution in [0.2, 0.25) is 0 Å². The Balaban J connectivity index is 0.000000292. The molecule has 3 rings (SSSR count). The second kappa shape index (κ2) is 4.26. The highest BCUT2D eigenvalue weighted by Crippen LogP contribution is 2.57. The Labute approximate surface area is 97.8 Å². The molecule has 0 amide bonds. The van der Waals surface area contributed by atoms with E-state index >= 15 is 0 Å². The van der Waals surface area contributed by atoms with E-state index in [1.807, 2.05) is 0 Å². The van der Waals surface area contributed by atoms with Gasteiger partial charge in [-0.2, -0.15) is 0 Å². The van der Waals surface area contributed by atoms with Gasteiger partial charge in [-0.25, -0.2) is 4.39 Å². The molecule has 0 aromatic rings. The molecular weight excluding hydrogens is 205 g/mol. The van der Waals surface area contributed by atoms with Crippen molar-refractivity contribution in [3.63, 3.8) is 0 Å². The lowest BCUT2D eigenvalue weighted by molar-refractivity contribution is -0.00543. The van der Waals surface area contributed by atoms with Crippen LogP contribution in [-0.4, -0.2) is 40.4 Å². The van der Waals surface area contributed by atoms with E-state index in [0.29, 0.717) is 13.0 Å². The fraction of sp³-hybridized carbons (Fsp3) is 1.00. The van der Waals surface area contributed by atoms with Gasteiger partial charge in [0, 0.05) is 13.0 Å². The van der Waals surface area contributed by atoms with Gasteiger partial charge in [0.05, 0.1) is 11.1 Å². The van der Waals surface area contributed by atoms with Gasteiger partial charge in [-0.1, -0.05) is 20.3 Å². The van der Waals surface area contributed by atoms with Gasteiger partial charge >= 0.3 is 0 Å². The average Bonchev–Trinajstić information content (AvgIpc) is 2.70. The highest BCUT2D eigenvalue weighted by Gasteiger charge is 2.65. The molecule has 3 fully saturated rings. The summed E-state index contributed by atoms with van der Waals surface area (Å²) in [5, 5.41) is 10.2. The highest BCUT2D eigenvalue weighted by molar-refractivity contribution is 5.20. The third-order valence-electron chi connectivity index (χ3n) is 4.19.